The molecule has 1 heterocycles. The quantitative estimate of drug-likeness (QED) is 0.764. The molecule has 0 aliphatic carbocycles. The van der Waals surface area contributed by atoms with Gasteiger partial charge in [0, 0.05) is 6.20 Å². The predicted molar refractivity (Wildman–Crippen MR) is 62.3 cm³/mol. The zero-order valence-corrected chi connectivity index (χ0v) is 9.09. The Bertz CT molecular complexity index is 468. The normalized spacial score (nSPS) is 11.9. The van der Waals surface area contributed by atoms with Gasteiger partial charge in [-0.1, -0.05) is 37.3 Å². The Balaban J connectivity index is 2.25. The lowest BCUT2D eigenvalue weighted by atomic mass is 10.1. The molecular formula is C12H15N3. The van der Waals surface area contributed by atoms with Gasteiger partial charge in [-0.25, -0.2) is 4.68 Å². The van der Waals surface area contributed by atoms with Crippen molar-refractivity contribution in [3.05, 3.63) is 30.3 Å². The maximum atomic E-state index is 4.08. The number of benzene rings is 1. The minimum atomic E-state index is 0.677. The van der Waals surface area contributed by atoms with Crippen molar-refractivity contribution >= 4 is 17.2 Å². The summed E-state index contributed by atoms with van der Waals surface area (Å²) in [4.78, 5) is 0. The summed E-state index contributed by atoms with van der Waals surface area (Å²) in [6.45, 7) is 4.40. The van der Waals surface area contributed by atoms with E-state index >= 15 is 0 Å². The van der Waals surface area contributed by atoms with Crippen LogP contribution in [0.2, 0.25) is 0 Å². The lowest BCUT2D eigenvalue weighted by Gasteiger charge is -1.97. The number of para-hydroxylation sites is 1. The molecule has 0 spiro atoms. The van der Waals surface area contributed by atoms with Crippen molar-refractivity contribution in [3.8, 4) is 0 Å². The Hall–Kier alpha value is -1.64. The first kappa shape index (κ1) is 9.90. The Morgan fingerprint density at radius 2 is 2.13 bits per heavy atom. The smallest absolute Gasteiger partial charge is 0.113 e. The van der Waals surface area contributed by atoms with Crippen molar-refractivity contribution < 1.29 is 0 Å². The molecule has 3 nitrogen and oxygen atoms in total. The molecule has 0 fully saturated rings. The third-order valence-electron chi connectivity index (χ3n) is 2.23. The summed E-state index contributed by atoms with van der Waals surface area (Å²) >= 11 is 0. The molecule has 0 saturated heterocycles. The van der Waals surface area contributed by atoms with Gasteiger partial charge in [-0.05, 0) is 24.5 Å². The maximum Gasteiger partial charge on any atom is 0.113 e. The van der Waals surface area contributed by atoms with Gasteiger partial charge in [0.1, 0.15) is 5.52 Å². The van der Waals surface area contributed by atoms with Crippen LogP contribution >= 0.6 is 0 Å². The van der Waals surface area contributed by atoms with E-state index < -0.39 is 0 Å². The van der Waals surface area contributed by atoms with Crippen LogP contribution in [-0.2, 0) is 0 Å². The molecule has 0 unspecified atom stereocenters. The number of rotatable bonds is 3. The van der Waals surface area contributed by atoms with Crippen LogP contribution in [0, 0.1) is 5.92 Å². The van der Waals surface area contributed by atoms with Crippen molar-refractivity contribution in [2.45, 2.75) is 20.3 Å². The van der Waals surface area contributed by atoms with Gasteiger partial charge in [0.25, 0.3) is 0 Å². The highest BCUT2D eigenvalue weighted by molar-refractivity contribution is 5.75. The topological polar surface area (TPSA) is 30.7 Å². The number of hydrogen-bond acceptors (Lipinski definition) is 2. The van der Waals surface area contributed by atoms with Crippen LogP contribution in [0.15, 0.2) is 30.3 Å². The highest BCUT2D eigenvalue weighted by atomic mass is 15.4. The molecule has 0 atom stereocenters. The summed E-state index contributed by atoms with van der Waals surface area (Å²) in [5.41, 5.74) is 1.99. The molecule has 0 aliphatic heterocycles. The molecule has 2 rings (SSSR count). The standard InChI is InChI=1S/C12H15N3/c1-10(2)6-5-9-15-12-8-4-3-7-11(12)13-14-15/h3-5,7-10H,6H2,1-2H3/b9-5+. The van der Waals surface area contributed by atoms with Gasteiger partial charge in [0.2, 0.25) is 0 Å². The molecule has 2 aromatic rings. The van der Waals surface area contributed by atoms with E-state index in [0.717, 1.165) is 17.5 Å². The van der Waals surface area contributed by atoms with Crippen LogP contribution in [0.5, 0.6) is 0 Å². The van der Waals surface area contributed by atoms with Gasteiger partial charge in [-0.15, -0.1) is 5.10 Å². The van der Waals surface area contributed by atoms with E-state index in [2.05, 4.69) is 30.2 Å². The molecule has 0 amide bonds. The summed E-state index contributed by atoms with van der Waals surface area (Å²) in [6.07, 6.45) is 5.18. The van der Waals surface area contributed by atoms with Crippen molar-refractivity contribution in [1.82, 2.24) is 15.0 Å². The van der Waals surface area contributed by atoms with Gasteiger partial charge in [0.15, 0.2) is 0 Å². The van der Waals surface area contributed by atoms with Crippen LogP contribution in [-0.4, -0.2) is 15.0 Å². The van der Waals surface area contributed by atoms with Crippen molar-refractivity contribution in [3.63, 3.8) is 0 Å². The van der Waals surface area contributed by atoms with Gasteiger partial charge in [-0.2, -0.15) is 0 Å². The second kappa shape index (κ2) is 4.26. The third-order valence-corrected chi connectivity index (χ3v) is 2.23. The zero-order valence-electron chi connectivity index (χ0n) is 9.09. The molecule has 0 bridgehead atoms. The molecule has 78 valence electrons. The van der Waals surface area contributed by atoms with E-state index in [0.29, 0.717) is 5.92 Å². The minimum Gasteiger partial charge on any atom is -0.220 e. The molecule has 1 aromatic heterocycles. The van der Waals surface area contributed by atoms with E-state index in [9.17, 15) is 0 Å². The molecular weight excluding hydrogens is 186 g/mol. The zero-order chi connectivity index (χ0) is 10.7. The van der Waals surface area contributed by atoms with Gasteiger partial charge >= 0.3 is 0 Å². The summed E-state index contributed by atoms with van der Waals surface area (Å²) in [5.74, 6) is 0.677. The minimum absolute atomic E-state index is 0.677. The lowest BCUT2D eigenvalue weighted by Crippen LogP contribution is -1.89. The average molecular weight is 201 g/mol. The van der Waals surface area contributed by atoms with Crippen LogP contribution in [0.4, 0.5) is 0 Å². The first-order chi connectivity index (χ1) is 7.27. The van der Waals surface area contributed by atoms with Crippen molar-refractivity contribution in [2.75, 3.05) is 0 Å². The predicted octanol–water partition coefficient (Wildman–Crippen LogP) is 2.95. The fourth-order valence-electron chi connectivity index (χ4n) is 1.43. The monoisotopic (exact) mass is 201 g/mol. The molecule has 15 heavy (non-hydrogen) atoms. The Labute approximate surface area is 89.4 Å². The van der Waals surface area contributed by atoms with Crippen molar-refractivity contribution in [2.24, 2.45) is 5.92 Å². The molecule has 0 aliphatic rings. The van der Waals surface area contributed by atoms with E-state index in [4.69, 9.17) is 0 Å². The van der Waals surface area contributed by atoms with E-state index in [-0.39, 0.29) is 0 Å². The molecule has 0 N–H and O–H groups in total. The van der Waals surface area contributed by atoms with E-state index in [1.54, 1.807) is 0 Å². The van der Waals surface area contributed by atoms with Crippen LogP contribution in [0.3, 0.4) is 0 Å². The van der Waals surface area contributed by atoms with Crippen LogP contribution < -0.4 is 0 Å². The third kappa shape index (κ3) is 2.24. The SMILES string of the molecule is CC(C)C/C=C/n1nnc2ccccc21. The molecule has 3 heteroatoms. The van der Waals surface area contributed by atoms with Gasteiger partial charge < -0.3 is 0 Å². The maximum absolute atomic E-state index is 4.08. The van der Waals surface area contributed by atoms with Crippen LogP contribution in [0.1, 0.15) is 20.3 Å². The Morgan fingerprint density at radius 1 is 1.33 bits per heavy atom. The van der Waals surface area contributed by atoms with Gasteiger partial charge in [0.05, 0.1) is 5.52 Å². The highest BCUT2D eigenvalue weighted by Crippen LogP contribution is 2.10. The Morgan fingerprint density at radius 3 is 2.93 bits per heavy atom. The fraction of sp³-hybridized carbons (Fsp3) is 0.333. The summed E-state index contributed by atoms with van der Waals surface area (Å²) in [5, 5.41) is 8.15. The average Bonchev–Trinajstić information content (AvgIpc) is 2.62. The van der Waals surface area contributed by atoms with E-state index in [1.165, 1.54) is 0 Å². The first-order valence-electron chi connectivity index (χ1n) is 5.24. The second-order valence-corrected chi connectivity index (χ2v) is 4.04. The second-order valence-electron chi connectivity index (χ2n) is 4.04. The Kier molecular flexibility index (Phi) is 2.81. The number of nitrogens with zero attached hydrogens (tertiary/aromatic N) is 3. The van der Waals surface area contributed by atoms with Crippen LogP contribution in [0.25, 0.3) is 17.2 Å². The first-order valence-corrected chi connectivity index (χ1v) is 5.24. The highest BCUT2D eigenvalue weighted by Gasteiger charge is 1.99. The summed E-state index contributed by atoms with van der Waals surface area (Å²) < 4.78 is 1.82. The largest absolute Gasteiger partial charge is 0.220 e. The molecule has 0 saturated carbocycles. The summed E-state index contributed by atoms with van der Waals surface area (Å²) in [6, 6.07) is 7.96. The number of allylic oxidation sites excluding steroid dienone is 1. The summed E-state index contributed by atoms with van der Waals surface area (Å²) in [7, 11) is 0. The van der Waals surface area contributed by atoms with Gasteiger partial charge in [-0.3, -0.25) is 0 Å². The number of aromatic nitrogens is 3. The number of hydrogen-bond donors (Lipinski definition) is 0. The molecule has 1 aromatic carbocycles. The fourth-order valence-corrected chi connectivity index (χ4v) is 1.43. The lowest BCUT2D eigenvalue weighted by molar-refractivity contribution is 0.663. The molecule has 0 radical (unpaired) electrons. The van der Waals surface area contributed by atoms with Crippen molar-refractivity contribution in [1.29, 1.82) is 0 Å². The van der Waals surface area contributed by atoms with E-state index in [1.807, 2.05) is 35.1 Å². The number of fused-ring (bicyclic) bond motifs is 1.